The van der Waals surface area contributed by atoms with Crippen LogP contribution in [0.4, 0.5) is 0 Å². The maximum atomic E-state index is 6.56. The molecule has 1 aromatic carbocycles. The van der Waals surface area contributed by atoms with Gasteiger partial charge >= 0.3 is 0 Å². The summed E-state index contributed by atoms with van der Waals surface area (Å²) < 4.78 is 8.26. The van der Waals surface area contributed by atoms with E-state index in [2.05, 4.69) is 46.1 Å². The number of hydrogen-bond acceptors (Lipinski definition) is 5. The molecule has 3 aromatic rings. The lowest BCUT2D eigenvalue weighted by atomic mass is 9.86. The van der Waals surface area contributed by atoms with Gasteiger partial charge in [-0.05, 0) is 48.0 Å². The van der Waals surface area contributed by atoms with Crippen LogP contribution in [0.15, 0.2) is 49.1 Å². The van der Waals surface area contributed by atoms with E-state index in [-0.39, 0.29) is 6.04 Å². The molecule has 2 fully saturated rings. The Hall–Kier alpha value is -2.51. The summed E-state index contributed by atoms with van der Waals surface area (Å²) in [7, 11) is 4.20. The van der Waals surface area contributed by atoms with Crippen molar-refractivity contribution < 1.29 is 4.74 Å². The predicted molar refractivity (Wildman–Crippen MR) is 125 cm³/mol. The number of hydrogen-bond donors (Lipinski definition) is 0. The Bertz CT molecular complexity index is 1210. The summed E-state index contributed by atoms with van der Waals surface area (Å²) in [5.41, 5.74) is 6.27. The summed E-state index contributed by atoms with van der Waals surface area (Å²) >= 11 is 6.56. The molecule has 4 heterocycles. The first kappa shape index (κ1) is 20.1. The molecule has 0 radical (unpaired) electrons. The number of fused-ring (bicyclic) bond motifs is 2. The van der Waals surface area contributed by atoms with Crippen LogP contribution in [-0.2, 0) is 17.4 Å². The Labute approximate surface area is 193 Å². The van der Waals surface area contributed by atoms with Gasteiger partial charge in [0.2, 0.25) is 0 Å². The molecule has 164 valence electrons. The number of epoxide rings is 1. The molecule has 2 aliphatic heterocycles. The van der Waals surface area contributed by atoms with Crippen LogP contribution in [-0.4, -0.2) is 64.2 Å². The number of rotatable bonds is 3. The second kappa shape index (κ2) is 7.52. The zero-order chi connectivity index (χ0) is 21.9. The molecule has 0 bridgehead atoms. The van der Waals surface area contributed by atoms with E-state index in [1.807, 2.05) is 42.5 Å². The number of piperazine rings is 1. The molecule has 0 saturated carbocycles. The van der Waals surface area contributed by atoms with E-state index in [9.17, 15) is 0 Å². The number of likely N-dealkylation sites (N-methyl/N-ethyl adjacent to an activating group) is 1. The summed E-state index contributed by atoms with van der Waals surface area (Å²) in [4.78, 5) is 14.2. The van der Waals surface area contributed by atoms with E-state index >= 15 is 0 Å². The third-order valence-electron chi connectivity index (χ3n) is 7.03. The smallest absolute Gasteiger partial charge is 0.158 e. The minimum absolute atomic E-state index is 0.0725. The average molecular weight is 448 g/mol. The van der Waals surface area contributed by atoms with Crippen LogP contribution in [0.5, 0.6) is 0 Å². The fourth-order valence-corrected chi connectivity index (χ4v) is 5.38. The normalized spacial score (nSPS) is 25.6. The second-order valence-electron chi connectivity index (χ2n) is 9.01. The Morgan fingerprint density at radius 2 is 1.94 bits per heavy atom. The minimum atomic E-state index is -0.519. The zero-order valence-electron chi connectivity index (χ0n) is 18.3. The van der Waals surface area contributed by atoms with Gasteiger partial charge in [0.15, 0.2) is 5.60 Å². The Balaban J connectivity index is 1.58. The molecule has 3 aliphatic rings. The summed E-state index contributed by atoms with van der Waals surface area (Å²) in [6.45, 7) is 4.71. The Morgan fingerprint density at radius 3 is 2.66 bits per heavy atom. The van der Waals surface area contributed by atoms with Crippen molar-refractivity contribution in [1.82, 2.24) is 24.3 Å². The topological polar surface area (TPSA) is 49.7 Å². The number of imidazole rings is 1. The molecule has 6 rings (SSSR count). The zero-order valence-corrected chi connectivity index (χ0v) is 19.1. The van der Waals surface area contributed by atoms with Crippen LogP contribution in [0.25, 0.3) is 11.6 Å². The van der Waals surface area contributed by atoms with Crippen molar-refractivity contribution in [3.05, 3.63) is 82.2 Å². The van der Waals surface area contributed by atoms with Crippen molar-refractivity contribution >= 4 is 23.3 Å². The van der Waals surface area contributed by atoms with Gasteiger partial charge in [0.25, 0.3) is 0 Å². The molecule has 7 heteroatoms. The molecule has 1 aliphatic carbocycles. The highest BCUT2D eigenvalue weighted by Crippen LogP contribution is 2.54. The van der Waals surface area contributed by atoms with E-state index in [4.69, 9.17) is 21.3 Å². The van der Waals surface area contributed by atoms with E-state index in [0.29, 0.717) is 6.61 Å². The van der Waals surface area contributed by atoms with E-state index < -0.39 is 5.60 Å². The van der Waals surface area contributed by atoms with Crippen molar-refractivity contribution in [3.63, 3.8) is 0 Å². The molecule has 2 unspecified atom stereocenters. The first-order valence-corrected chi connectivity index (χ1v) is 11.4. The fourth-order valence-electron chi connectivity index (χ4n) is 5.20. The predicted octanol–water partition coefficient (Wildman–Crippen LogP) is 3.59. The van der Waals surface area contributed by atoms with Gasteiger partial charge in [0.1, 0.15) is 0 Å². The number of pyridine rings is 1. The summed E-state index contributed by atoms with van der Waals surface area (Å²) in [5, 5.41) is 0.728. The van der Waals surface area contributed by atoms with Gasteiger partial charge in [0.05, 0.1) is 36.6 Å². The molecule has 2 atom stereocenters. The Morgan fingerprint density at radius 1 is 1.12 bits per heavy atom. The van der Waals surface area contributed by atoms with Crippen LogP contribution in [0.1, 0.15) is 34.1 Å². The van der Waals surface area contributed by atoms with Gasteiger partial charge in [0, 0.05) is 50.0 Å². The molecule has 0 amide bonds. The lowest BCUT2D eigenvalue weighted by Gasteiger charge is -2.38. The van der Waals surface area contributed by atoms with Crippen LogP contribution < -0.4 is 0 Å². The van der Waals surface area contributed by atoms with Gasteiger partial charge in [-0.15, -0.1) is 0 Å². The van der Waals surface area contributed by atoms with Crippen molar-refractivity contribution in [1.29, 1.82) is 0 Å². The van der Waals surface area contributed by atoms with Crippen molar-refractivity contribution in [2.45, 2.75) is 11.6 Å². The van der Waals surface area contributed by atoms with Crippen LogP contribution >= 0.6 is 11.6 Å². The maximum absolute atomic E-state index is 6.56. The van der Waals surface area contributed by atoms with E-state index in [1.54, 1.807) is 0 Å². The highest BCUT2D eigenvalue weighted by molar-refractivity contribution is 6.30. The number of ether oxygens (including phenoxy) is 1. The van der Waals surface area contributed by atoms with Crippen LogP contribution in [0, 0.1) is 0 Å². The molecule has 2 saturated heterocycles. The summed E-state index contributed by atoms with van der Waals surface area (Å²) in [6, 6.07) is 10.5. The van der Waals surface area contributed by atoms with E-state index in [0.717, 1.165) is 59.3 Å². The highest BCUT2D eigenvalue weighted by Gasteiger charge is 2.53. The van der Waals surface area contributed by atoms with Gasteiger partial charge < -0.3 is 14.2 Å². The van der Waals surface area contributed by atoms with Gasteiger partial charge in [-0.25, -0.2) is 4.98 Å². The number of halogens is 1. The number of nitrogens with zero attached hydrogens (tertiary/aromatic N) is 5. The monoisotopic (exact) mass is 447 g/mol. The first-order valence-electron chi connectivity index (χ1n) is 11.1. The number of benzene rings is 1. The quantitative estimate of drug-likeness (QED) is 0.574. The minimum Gasteiger partial charge on any atom is -0.358 e. The van der Waals surface area contributed by atoms with Gasteiger partial charge in [-0.3, -0.25) is 9.88 Å². The summed E-state index contributed by atoms with van der Waals surface area (Å²) in [6.07, 6.45) is 7.90. The first-order chi connectivity index (χ1) is 15.6. The molecule has 0 N–H and O–H groups in total. The largest absolute Gasteiger partial charge is 0.358 e. The van der Waals surface area contributed by atoms with Crippen molar-refractivity contribution in [3.8, 4) is 0 Å². The number of aromatic nitrogens is 3. The third kappa shape index (κ3) is 3.13. The molecule has 32 heavy (non-hydrogen) atoms. The Kier molecular flexibility index (Phi) is 4.73. The van der Waals surface area contributed by atoms with E-state index in [1.165, 1.54) is 5.56 Å². The lowest BCUT2D eigenvalue weighted by molar-refractivity contribution is 0.125. The van der Waals surface area contributed by atoms with Crippen molar-refractivity contribution in [2.75, 3.05) is 39.8 Å². The second-order valence-corrected chi connectivity index (χ2v) is 9.45. The third-order valence-corrected chi connectivity index (χ3v) is 7.27. The fraction of sp³-hybridized carbons (Fsp3) is 0.360. The average Bonchev–Trinajstić information content (AvgIpc) is 3.50. The maximum Gasteiger partial charge on any atom is 0.158 e. The molecular weight excluding hydrogens is 422 g/mol. The molecule has 6 nitrogen and oxygen atoms in total. The standard InChI is InChI=1S/C25H26ClN5O/c1-29-8-10-31(11-9-29)24-19-6-5-18(26)13-20(19)21(12-17-4-3-7-28-23(17)24)25(15-32-25)22-14-27-16-30(22)2/h3-7,12-14,16,24H,8-11,15H2,1-2H3. The SMILES string of the molecule is CN1CCN(C2c3ccc(Cl)cc3C(C3(c4cncn4C)CO3)=Cc3cccnc32)CC1. The van der Waals surface area contributed by atoms with Crippen molar-refractivity contribution in [2.24, 2.45) is 7.05 Å². The summed E-state index contributed by atoms with van der Waals surface area (Å²) in [5.74, 6) is 0. The molecular formula is C25H26ClN5O. The molecule has 0 spiro atoms. The highest BCUT2D eigenvalue weighted by atomic mass is 35.5. The van der Waals surface area contributed by atoms with Gasteiger partial charge in [-0.1, -0.05) is 23.7 Å². The number of aryl methyl sites for hydroxylation is 1. The lowest BCUT2D eigenvalue weighted by Crippen LogP contribution is -2.46. The van der Waals surface area contributed by atoms with Crippen LogP contribution in [0.3, 0.4) is 0 Å². The van der Waals surface area contributed by atoms with Crippen LogP contribution in [0.2, 0.25) is 5.02 Å². The van der Waals surface area contributed by atoms with Gasteiger partial charge in [-0.2, -0.15) is 0 Å². The molecule has 2 aromatic heterocycles.